The number of aromatic nitrogens is 6. The van der Waals surface area contributed by atoms with E-state index in [9.17, 15) is 14.7 Å². The van der Waals surface area contributed by atoms with Gasteiger partial charge in [0.2, 0.25) is 5.91 Å². The topological polar surface area (TPSA) is 122 Å². The van der Waals surface area contributed by atoms with Gasteiger partial charge in [-0.2, -0.15) is 10.2 Å². The molecule has 3 aromatic heterocycles. The van der Waals surface area contributed by atoms with E-state index in [-0.39, 0.29) is 23.5 Å². The van der Waals surface area contributed by atoms with E-state index in [1.807, 2.05) is 30.3 Å². The van der Waals surface area contributed by atoms with Gasteiger partial charge in [0, 0.05) is 32.8 Å². The van der Waals surface area contributed by atoms with E-state index in [0.717, 1.165) is 11.3 Å². The monoisotopic (exact) mass is 461 g/mol. The molecule has 176 valence electrons. The van der Waals surface area contributed by atoms with E-state index >= 15 is 0 Å². The van der Waals surface area contributed by atoms with Gasteiger partial charge >= 0.3 is 0 Å². The lowest BCUT2D eigenvalue weighted by atomic mass is 9.91. The SMILES string of the molecule is Cn1nc2c(=O)n(CC3(O)CCN(C(=O)CCc4ccccc4)CC3)cnc2c1-c1ccn[nH]1. The first-order chi connectivity index (χ1) is 16.4. The van der Waals surface area contributed by atoms with Crippen LogP contribution in [0.2, 0.25) is 0 Å². The maximum absolute atomic E-state index is 13.1. The van der Waals surface area contributed by atoms with E-state index in [4.69, 9.17) is 0 Å². The van der Waals surface area contributed by atoms with Gasteiger partial charge in [0.15, 0.2) is 5.52 Å². The van der Waals surface area contributed by atoms with Gasteiger partial charge in [-0.1, -0.05) is 30.3 Å². The fourth-order valence-corrected chi connectivity index (χ4v) is 4.60. The Balaban J connectivity index is 1.26. The van der Waals surface area contributed by atoms with Crippen LogP contribution in [0.4, 0.5) is 0 Å². The molecule has 1 aliphatic rings. The lowest BCUT2D eigenvalue weighted by Gasteiger charge is -2.38. The molecule has 0 saturated carbocycles. The van der Waals surface area contributed by atoms with Crippen molar-refractivity contribution in [2.75, 3.05) is 13.1 Å². The van der Waals surface area contributed by atoms with Crippen LogP contribution in [0.25, 0.3) is 22.4 Å². The van der Waals surface area contributed by atoms with Crippen molar-refractivity contribution < 1.29 is 9.90 Å². The van der Waals surface area contributed by atoms with Crippen molar-refractivity contribution in [3.8, 4) is 11.4 Å². The number of aryl methyl sites for hydroxylation is 2. The Morgan fingerprint density at radius 2 is 1.91 bits per heavy atom. The molecule has 34 heavy (non-hydrogen) atoms. The number of amides is 1. The Hall–Kier alpha value is -3.79. The molecule has 0 unspecified atom stereocenters. The van der Waals surface area contributed by atoms with Crippen molar-refractivity contribution in [1.29, 1.82) is 0 Å². The highest BCUT2D eigenvalue weighted by atomic mass is 16.3. The van der Waals surface area contributed by atoms with E-state index in [2.05, 4.69) is 20.3 Å². The van der Waals surface area contributed by atoms with E-state index in [1.54, 1.807) is 28.9 Å². The predicted octanol–water partition coefficient (Wildman–Crippen LogP) is 1.51. The summed E-state index contributed by atoms with van der Waals surface area (Å²) in [4.78, 5) is 32.0. The smallest absolute Gasteiger partial charge is 0.281 e. The standard InChI is InChI=1S/C24H27N7O3/c1-29-22(18-9-12-26-27-18)20-21(28-29)23(33)31(16-25-20)15-24(34)10-13-30(14-11-24)19(32)8-7-17-5-3-2-4-6-17/h2-6,9,12,16,34H,7-8,10-11,13-15H2,1H3,(H,26,27). The molecule has 0 atom stereocenters. The van der Waals surface area contributed by atoms with Crippen molar-refractivity contribution in [2.45, 2.75) is 37.8 Å². The number of nitrogens with zero attached hydrogens (tertiary/aromatic N) is 6. The Morgan fingerprint density at radius 3 is 2.62 bits per heavy atom. The normalized spacial score (nSPS) is 15.6. The van der Waals surface area contributed by atoms with E-state index in [1.165, 1.54) is 10.9 Å². The maximum Gasteiger partial charge on any atom is 0.281 e. The van der Waals surface area contributed by atoms with Crippen LogP contribution >= 0.6 is 0 Å². The van der Waals surface area contributed by atoms with Gasteiger partial charge in [0.25, 0.3) is 5.56 Å². The van der Waals surface area contributed by atoms with E-state index in [0.29, 0.717) is 50.0 Å². The second kappa shape index (κ2) is 8.86. The highest BCUT2D eigenvalue weighted by Gasteiger charge is 2.35. The molecule has 10 nitrogen and oxygen atoms in total. The van der Waals surface area contributed by atoms with Crippen molar-refractivity contribution in [3.63, 3.8) is 0 Å². The Kier molecular flexibility index (Phi) is 5.74. The molecule has 10 heteroatoms. The second-order valence-electron chi connectivity index (χ2n) is 8.91. The summed E-state index contributed by atoms with van der Waals surface area (Å²) >= 11 is 0. The summed E-state index contributed by atoms with van der Waals surface area (Å²) in [7, 11) is 1.75. The number of carbonyl (C=O) groups is 1. The average molecular weight is 462 g/mol. The number of hydrogen-bond donors (Lipinski definition) is 2. The van der Waals surface area contributed by atoms with Gasteiger partial charge in [0.05, 0.1) is 24.2 Å². The van der Waals surface area contributed by atoms with Crippen molar-refractivity contribution in [1.82, 2.24) is 34.4 Å². The number of piperidine rings is 1. The van der Waals surface area contributed by atoms with Gasteiger partial charge in [-0.05, 0) is 30.9 Å². The van der Waals surface area contributed by atoms with Crippen molar-refractivity contribution >= 4 is 16.9 Å². The summed E-state index contributed by atoms with van der Waals surface area (Å²) in [6, 6.07) is 11.7. The lowest BCUT2D eigenvalue weighted by molar-refractivity contribution is -0.135. The molecule has 1 saturated heterocycles. The molecule has 1 amide bonds. The minimum absolute atomic E-state index is 0.0889. The molecule has 5 rings (SSSR count). The molecule has 0 bridgehead atoms. The zero-order valence-corrected chi connectivity index (χ0v) is 19.0. The molecule has 1 aliphatic heterocycles. The number of hydrogen-bond acceptors (Lipinski definition) is 6. The molecule has 0 aliphatic carbocycles. The number of H-pyrrole nitrogens is 1. The second-order valence-corrected chi connectivity index (χ2v) is 8.91. The first-order valence-electron chi connectivity index (χ1n) is 11.4. The van der Waals surface area contributed by atoms with E-state index < -0.39 is 5.60 Å². The highest BCUT2D eigenvalue weighted by Crippen LogP contribution is 2.26. The van der Waals surface area contributed by atoms with Crippen LogP contribution in [0.15, 0.2) is 53.7 Å². The van der Waals surface area contributed by atoms with Crippen LogP contribution in [-0.2, 0) is 24.8 Å². The molecule has 1 aromatic carbocycles. The summed E-state index contributed by atoms with van der Waals surface area (Å²) in [6.45, 7) is 1.03. The van der Waals surface area contributed by atoms with Gasteiger partial charge < -0.3 is 10.0 Å². The summed E-state index contributed by atoms with van der Waals surface area (Å²) < 4.78 is 3.02. The number of fused-ring (bicyclic) bond motifs is 1. The number of likely N-dealkylation sites (tertiary alicyclic amines) is 1. The van der Waals surface area contributed by atoms with Crippen LogP contribution in [0, 0.1) is 0 Å². The van der Waals surface area contributed by atoms with Crippen LogP contribution in [-0.4, -0.2) is 64.1 Å². The van der Waals surface area contributed by atoms with Gasteiger partial charge in [0.1, 0.15) is 11.2 Å². The summed E-state index contributed by atoms with van der Waals surface area (Å²) in [6.07, 6.45) is 5.03. The number of benzene rings is 1. The third-order valence-electron chi connectivity index (χ3n) is 6.55. The number of aromatic amines is 1. The molecular weight excluding hydrogens is 434 g/mol. The van der Waals surface area contributed by atoms with Gasteiger partial charge in [-0.3, -0.25) is 23.9 Å². The first kappa shape index (κ1) is 22.0. The summed E-state index contributed by atoms with van der Waals surface area (Å²) in [5.74, 6) is 0.0889. The molecule has 0 radical (unpaired) electrons. The number of aliphatic hydroxyl groups is 1. The minimum Gasteiger partial charge on any atom is -0.388 e. The molecular formula is C24H27N7O3. The van der Waals surface area contributed by atoms with Crippen molar-refractivity contribution in [2.24, 2.45) is 7.05 Å². The summed E-state index contributed by atoms with van der Waals surface area (Å²) in [5, 5.41) is 22.4. The summed E-state index contributed by atoms with van der Waals surface area (Å²) in [5.41, 5.74) is 1.87. The third kappa shape index (κ3) is 4.24. The van der Waals surface area contributed by atoms with Crippen LogP contribution in [0.3, 0.4) is 0 Å². The Labute approximate surface area is 195 Å². The fraction of sp³-hybridized carbons (Fsp3) is 0.375. The first-order valence-corrected chi connectivity index (χ1v) is 11.4. The molecule has 2 N–H and O–H groups in total. The van der Waals surface area contributed by atoms with Crippen LogP contribution in [0.1, 0.15) is 24.8 Å². The molecule has 1 fully saturated rings. The minimum atomic E-state index is -1.09. The van der Waals surface area contributed by atoms with Crippen molar-refractivity contribution in [3.05, 3.63) is 64.8 Å². The van der Waals surface area contributed by atoms with Crippen LogP contribution < -0.4 is 5.56 Å². The maximum atomic E-state index is 13.1. The van der Waals surface area contributed by atoms with Gasteiger partial charge in [-0.25, -0.2) is 4.98 Å². The molecule has 0 spiro atoms. The Morgan fingerprint density at radius 1 is 1.15 bits per heavy atom. The van der Waals surface area contributed by atoms with Gasteiger partial charge in [-0.15, -0.1) is 0 Å². The van der Waals surface area contributed by atoms with Crippen LogP contribution in [0.5, 0.6) is 0 Å². The number of carbonyl (C=O) groups excluding carboxylic acids is 1. The average Bonchev–Trinajstić information content (AvgIpc) is 3.48. The molecule has 4 aromatic rings. The zero-order chi connectivity index (χ0) is 23.7. The quantitative estimate of drug-likeness (QED) is 0.449. The third-order valence-corrected chi connectivity index (χ3v) is 6.55. The predicted molar refractivity (Wildman–Crippen MR) is 126 cm³/mol. The highest BCUT2D eigenvalue weighted by molar-refractivity contribution is 5.88. The number of rotatable bonds is 6. The Bertz CT molecular complexity index is 1350. The molecule has 4 heterocycles. The zero-order valence-electron chi connectivity index (χ0n) is 19.0. The lowest BCUT2D eigenvalue weighted by Crippen LogP contribution is -2.49. The number of nitrogens with one attached hydrogen (secondary N) is 1. The fourth-order valence-electron chi connectivity index (χ4n) is 4.60. The largest absolute Gasteiger partial charge is 0.388 e.